The molecule has 2 aromatic rings. The van der Waals surface area contributed by atoms with Crippen LogP contribution in [0.1, 0.15) is 26.3 Å². The lowest BCUT2D eigenvalue weighted by Gasteiger charge is -1.96. The zero-order chi connectivity index (χ0) is 17.5. The van der Waals surface area contributed by atoms with E-state index < -0.39 is 6.18 Å². The molecule has 0 N–H and O–H groups in total. The van der Waals surface area contributed by atoms with Crippen LogP contribution in [0.15, 0.2) is 35.3 Å². The van der Waals surface area contributed by atoms with Crippen molar-refractivity contribution in [1.82, 2.24) is 9.36 Å². The summed E-state index contributed by atoms with van der Waals surface area (Å²) in [6, 6.07) is 7.98. The average molecular weight is 316 g/mol. The molecule has 3 nitrogen and oxygen atoms in total. The first-order valence-corrected chi connectivity index (χ1v) is 6.96. The Labute approximate surface area is 129 Å². The minimum atomic E-state index is -4.00. The maximum atomic E-state index is 11.8. The van der Waals surface area contributed by atoms with E-state index in [1.54, 1.807) is 16.4 Å². The van der Waals surface area contributed by atoms with Crippen molar-refractivity contribution in [2.45, 2.75) is 33.9 Å². The van der Waals surface area contributed by atoms with Gasteiger partial charge in [-0.05, 0) is 12.5 Å². The highest BCUT2D eigenvalue weighted by Gasteiger charge is 2.15. The molecular formula is C16H23F3N2O. The van der Waals surface area contributed by atoms with Gasteiger partial charge in [-0.3, -0.25) is 14.2 Å². The van der Waals surface area contributed by atoms with Crippen LogP contribution in [0.4, 0.5) is 13.2 Å². The Morgan fingerprint density at radius 2 is 1.59 bits per heavy atom. The number of hydrogen-bond donors (Lipinski definition) is 0. The molecule has 0 fully saturated rings. The summed E-state index contributed by atoms with van der Waals surface area (Å²) in [5, 5.41) is 0. The summed E-state index contributed by atoms with van der Waals surface area (Å²) in [5.74, 6) is 0. The SMILES string of the molecule is CC.CC(F)(F)F.Cc1cccc(-c2cn(C)n(C)c2=O)c1. The van der Waals surface area contributed by atoms with E-state index in [9.17, 15) is 18.0 Å². The molecule has 0 amide bonds. The minimum Gasteiger partial charge on any atom is -0.293 e. The first-order valence-electron chi connectivity index (χ1n) is 6.96. The van der Waals surface area contributed by atoms with Crippen LogP contribution in [0, 0.1) is 6.92 Å². The zero-order valence-corrected chi connectivity index (χ0v) is 13.8. The number of aryl methyl sites for hydroxylation is 2. The molecule has 0 spiro atoms. The van der Waals surface area contributed by atoms with Gasteiger partial charge >= 0.3 is 6.18 Å². The molecule has 0 atom stereocenters. The van der Waals surface area contributed by atoms with Crippen LogP contribution in [0.5, 0.6) is 0 Å². The van der Waals surface area contributed by atoms with E-state index in [2.05, 4.69) is 0 Å². The maximum absolute atomic E-state index is 11.8. The molecule has 22 heavy (non-hydrogen) atoms. The zero-order valence-electron chi connectivity index (χ0n) is 13.8. The van der Waals surface area contributed by atoms with E-state index in [1.165, 1.54) is 5.56 Å². The molecule has 1 heterocycles. The van der Waals surface area contributed by atoms with Crippen LogP contribution in [0.3, 0.4) is 0 Å². The standard InChI is InChI=1S/C12H14N2O.C2H3F3.C2H6/c1-9-5-4-6-10(7-9)11-8-13(2)14(3)12(11)15;1-2(3,4)5;1-2/h4-8H,1-3H3;1H3;1-2H3. The second-order valence-corrected chi connectivity index (χ2v) is 4.60. The average Bonchev–Trinajstić information content (AvgIpc) is 2.67. The van der Waals surface area contributed by atoms with E-state index in [-0.39, 0.29) is 12.5 Å². The van der Waals surface area contributed by atoms with E-state index in [1.807, 2.05) is 58.3 Å². The van der Waals surface area contributed by atoms with Gasteiger partial charge in [0, 0.05) is 27.2 Å². The summed E-state index contributed by atoms with van der Waals surface area (Å²) < 4.78 is 34.4. The van der Waals surface area contributed by atoms with E-state index in [4.69, 9.17) is 0 Å². The lowest BCUT2D eigenvalue weighted by atomic mass is 10.1. The molecule has 124 valence electrons. The van der Waals surface area contributed by atoms with E-state index in [0.717, 1.165) is 11.1 Å². The van der Waals surface area contributed by atoms with Crippen molar-refractivity contribution in [2.75, 3.05) is 0 Å². The fourth-order valence-corrected chi connectivity index (χ4v) is 1.66. The summed E-state index contributed by atoms with van der Waals surface area (Å²) >= 11 is 0. The lowest BCUT2D eigenvalue weighted by molar-refractivity contribution is -0.110. The molecule has 0 saturated carbocycles. The monoisotopic (exact) mass is 316 g/mol. The largest absolute Gasteiger partial charge is 0.386 e. The Bertz CT molecular complexity index is 634. The van der Waals surface area contributed by atoms with Crippen molar-refractivity contribution in [2.24, 2.45) is 14.1 Å². The van der Waals surface area contributed by atoms with Crippen LogP contribution >= 0.6 is 0 Å². The van der Waals surface area contributed by atoms with Gasteiger partial charge in [0.25, 0.3) is 5.56 Å². The van der Waals surface area contributed by atoms with Crippen molar-refractivity contribution in [3.8, 4) is 11.1 Å². The van der Waals surface area contributed by atoms with Crippen molar-refractivity contribution in [3.63, 3.8) is 0 Å². The van der Waals surface area contributed by atoms with Crippen molar-refractivity contribution in [3.05, 3.63) is 46.4 Å². The second kappa shape index (κ2) is 8.46. The van der Waals surface area contributed by atoms with Gasteiger partial charge < -0.3 is 0 Å². The molecule has 2 rings (SSSR count). The molecule has 0 aliphatic heterocycles. The predicted octanol–water partition coefficient (Wildman–Crippen LogP) is 4.29. The number of hydrogen-bond acceptors (Lipinski definition) is 1. The first kappa shape index (κ1) is 20.0. The summed E-state index contributed by atoms with van der Waals surface area (Å²) in [5.41, 5.74) is 2.95. The highest BCUT2D eigenvalue weighted by molar-refractivity contribution is 5.62. The normalized spacial score (nSPS) is 10.2. The second-order valence-electron chi connectivity index (χ2n) is 4.60. The molecule has 6 heteroatoms. The highest BCUT2D eigenvalue weighted by Crippen LogP contribution is 2.16. The van der Waals surface area contributed by atoms with Gasteiger partial charge in [-0.15, -0.1) is 0 Å². The molecule has 1 aromatic carbocycles. The van der Waals surface area contributed by atoms with Gasteiger partial charge in [0.2, 0.25) is 0 Å². The molecular weight excluding hydrogens is 293 g/mol. The minimum absolute atomic E-state index is 0.0445. The third kappa shape index (κ3) is 6.65. The van der Waals surface area contributed by atoms with Gasteiger partial charge in [-0.25, -0.2) is 0 Å². The molecule has 0 aliphatic rings. The summed E-state index contributed by atoms with van der Waals surface area (Å²) in [4.78, 5) is 11.8. The van der Waals surface area contributed by atoms with Crippen LogP contribution in [-0.2, 0) is 14.1 Å². The van der Waals surface area contributed by atoms with Crippen molar-refractivity contribution in [1.29, 1.82) is 0 Å². The molecule has 0 bridgehead atoms. The Balaban J connectivity index is 0.000000540. The Morgan fingerprint density at radius 1 is 1.09 bits per heavy atom. The third-order valence-electron chi connectivity index (χ3n) is 2.64. The molecule has 1 aromatic heterocycles. The quantitative estimate of drug-likeness (QED) is 0.771. The Kier molecular flexibility index (Phi) is 7.70. The fraction of sp³-hybridized carbons (Fsp3) is 0.438. The lowest BCUT2D eigenvalue weighted by Crippen LogP contribution is -2.17. The van der Waals surface area contributed by atoms with Gasteiger partial charge in [0.1, 0.15) is 0 Å². The van der Waals surface area contributed by atoms with Gasteiger partial charge in [0.05, 0.1) is 5.56 Å². The summed E-state index contributed by atoms with van der Waals surface area (Å²) in [7, 11) is 3.63. The molecule has 0 aliphatic carbocycles. The van der Waals surface area contributed by atoms with Gasteiger partial charge in [0.15, 0.2) is 0 Å². The Morgan fingerprint density at radius 3 is 1.95 bits per heavy atom. The smallest absolute Gasteiger partial charge is 0.293 e. The predicted molar refractivity (Wildman–Crippen MR) is 83.9 cm³/mol. The number of halogens is 3. The maximum Gasteiger partial charge on any atom is 0.386 e. The topological polar surface area (TPSA) is 26.9 Å². The molecule has 0 unspecified atom stereocenters. The van der Waals surface area contributed by atoms with Crippen molar-refractivity contribution < 1.29 is 13.2 Å². The van der Waals surface area contributed by atoms with Crippen LogP contribution < -0.4 is 5.56 Å². The van der Waals surface area contributed by atoms with Gasteiger partial charge in [-0.2, -0.15) is 13.2 Å². The van der Waals surface area contributed by atoms with E-state index in [0.29, 0.717) is 0 Å². The van der Waals surface area contributed by atoms with Crippen molar-refractivity contribution >= 4 is 0 Å². The summed E-state index contributed by atoms with van der Waals surface area (Å²) in [6.07, 6.45) is -2.14. The highest BCUT2D eigenvalue weighted by atomic mass is 19.4. The number of benzene rings is 1. The number of aromatic nitrogens is 2. The van der Waals surface area contributed by atoms with E-state index >= 15 is 0 Å². The number of nitrogens with zero attached hydrogens (tertiary/aromatic N) is 2. The van der Waals surface area contributed by atoms with Crippen LogP contribution in [0.25, 0.3) is 11.1 Å². The van der Waals surface area contributed by atoms with Gasteiger partial charge in [-0.1, -0.05) is 43.7 Å². The number of alkyl halides is 3. The number of rotatable bonds is 1. The fourth-order valence-electron chi connectivity index (χ4n) is 1.66. The van der Waals surface area contributed by atoms with Crippen LogP contribution in [0.2, 0.25) is 0 Å². The molecule has 0 saturated heterocycles. The summed E-state index contributed by atoms with van der Waals surface area (Å²) in [6.45, 7) is 6.21. The van der Waals surface area contributed by atoms with Crippen LogP contribution in [-0.4, -0.2) is 15.5 Å². The Hall–Kier alpha value is -1.98. The first-order chi connectivity index (χ1) is 10.1. The molecule has 0 radical (unpaired) electrons. The third-order valence-corrected chi connectivity index (χ3v) is 2.64.